The van der Waals surface area contributed by atoms with E-state index in [0.29, 0.717) is 31.1 Å². The smallest absolute Gasteiger partial charge is 0.250 e. The molecule has 0 unspecified atom stereocenters. The molecule has 27 heavy (non-hydrogen) atoms. The van der Waals surface area contributed by atoms with Crippen molar-refractivity contribution in [2.24, 2.45) is 5.10 Å². The summed E-state index contributed by atoms with van der Waals surface area (Å²) in [5.41, 5.74) is 3.94. The third-order valence-corrected chi connectivity index (χ3v) is 5.29. The average molecular weight is 432 g/mol. The van der Waals surface area contributed by atoms with Crippen molar-refractivity contribution in [2.75, 3.05) is 54.6 Å². The molecule has 2 aliphatic heterocycles. The lowest BCUT2D eigenvalue weighted by molar-refractivity contribution is 0.122. The highest BCUT2D eigenvalue weighted by atomic mass is 79.9. The predicted octanol–water partition coefficient (Wildman–Crippen LogP) is 2.52. The molecule has 3 heterocycles. The standard InChI is InChI=1S/C18H22BrN7O/c19-15-6-2-1-5-14(15)13-20-24-16-21-17(25-7-3-4-8-25)23-18(22-16)26-9-11-27-12-10-26/h1-2,5-6,13H,3-4,7-12H2,(H,21,22,23,24). The van der Waals surface area contributed by atoms with Crippen LogP contribution >= 0.6 is 15.9 Å². The molecule has 1 aromatic heterocycles. The first kappa shape index (κ1) is 18.1. The number of halogens is 1. The zero-order valence-electron chi connectivity index (χ0n) is 15.0. The fourth-order valence-corrected chi connectivity index (χ4v) is 3.49. The summed E-state index contributed by atoms with van der Waals surface area (Å²) >= 11 is 3.52. The van der Waals surface area contributed by atoms with Crippen LogP contribution in [0.15, 0.2) is 33.8 Å². The molecule has 0 amide bonds. The van der Waals surface area contributed by atoms with Gasteiger partial charge in [0.15, 0.2) is 0 Å². The van der Waals surface area contributed by atoms with E-state index in [-0.39, 0.29) is 0 Å². The van der Waals surface area contributed by atoms with Gasteiger partial charge >= 0.3 is 0 Å². The van der Waals surface area contributed by atoms with Gasteiger partial charge in [-0.25, -0.2) is 5.43 Å². The van der Waals surface area contributed by atoms with E-state index >= 15 is 0 Å². The molecule has 0 radical (unpaired) electrons. The minimum Gasteiger partial charge on any atom is -0.378 e. The number of aromatic nitrogens is 3. The van der Waals surface area contributed by atoms with Gasteiger partial charge in [0.25, 0.3) is 0 Å². The number of hydrazone groups is 1. The van der Waals surface area contributed by atoms with Gasteiger partial charge in [-0.3, -0.25) is 0 Å². The van der Waals surface area contributed by atoms with Crippen LogP contribution in [-0.2, 0) is 4.74 Å². The number of hydrogen-bond donors (Lipinski definition) is 1. The summed E-state index contributed by atoms with van der Waals surface area (Å²) in [6.07, 6.45) is 4.08. The first-order valence-electron chi connectivity index (χ1n) is 9.17. The second-order valence-electron chi connectivity index (χ2n) is 6.44. The van der Waals surface area contributed by atoms with Gasteiger partial charge in [0.2, 0.25) is 17.8 Å². The second-order valence-corrected chi connectivity index (χ2v) is 7.30. The second kappa shape index (κ2) is 8.62. The molecule has 142 valence electrons. The Bertz CT molecular complexity index is 804. The number of hydrogen-bond acceptors (Lipinski definition) is 8. The molecule has 0 aliphatic carbocycles. The molecule has 1 N–H and O–H groups in total. The van der Waals surface area contributed by atoms with Gasteiger partial charge < -0.3 is 14.5 Å². The summed E-state index contributed by atoms with van der Waals surface area (Å²) in [4.78, 5) is 18.2. The van der Waals surface area contributed by atoms with Crippen molar-refractivity contribution in [1.82, 2.24) is 15.0 Å². The van der Waals surface area contributed by atoms with Gasteiger partial charge in [0, 0.05) is 36.2 Å². The molecule has 2 aromatic rings. The molecule has 0 saturated carbocycles. The molecule has 1 aromatic carbocycles. The molecule has 0 atom stereocenters. The Hall–Kier alpha value is -2.26. The summed E-state index contributed by atoms with van der Waals surface area (Å²) in [6.45, 7) is 4.89. The number of anilines is 3. The maximum Gasteiger partial charge on any atom is 0.250 e. The van der Waals surface area contributed by atoms with Crippen LogP contribution < -0.4 is 15.2 Å². The zero-order chi connectivity index (χ0) is 18.5. The van der Waals surface area contributed by atoms with Crippen LogP contribution in [-0.4, -0.2) is 60.6 Å². The van der Waals surface area contributed by atoms with E-state index in [4.69, 9.17) is 9.72 Å². The Balaban J connectivity index is 1.56. The first-order chi connectivity index (χ1) is 13.3. The molecule has 2 aliphatic rings. The lowest BCUT2D eigenvalue weighted by Crippen LogP contribution is -2.38. The van der Waals surface area contributed by atoms with Crippen LogP contribution in [0.3, 0.4) is 0 Å². The highest BCUT2D eigenvalue weighted by Crippen LogP contribution is 2.21. The van der Waals surface area contributed by atoms with Crippen LogP contribution in [0.2, 0.25) is 0 Å². The number of ether oxygens (including phenoxy) is 1. The van der Waals surface area contributed by atoms with Crippen molar-refractivity contribution >= 4 is 40.0 Å². The monoisotopic (exact) mass is 431 g/mol. The highest BCUT2D eigenvalue weighted by Gasteiger charge is 2.21. The van der Waals surface area contributed by atoms with E-state index in [1.54, 1.807) is 6.21 Å². The van der Waals surface area contributed by atoms with Crippen molar-refractivity contribution in [3.63, 3.8) is 0 Å². The van der Waals surface area contributed by atoms with Crippen molar-refractivity contribution in [2.45, 2.75) is 12.8 Å². The number of nitrogens with zero attached hydrogens (tertiary/aromatic N) is 6. The van der Waals surface area contributed by atoms with Gasteiger partial charge in [-0.05, 0) is 18.9 Å². The van der Waals surface area contributed by atoms with Gasteiger partial charge in [0.05, 0.1) is 19.4 Å². The van der Waals surface area contributed by atoms with E-state index in [1.165, 1.54) is 12.8 Å². The minimum absolute atomic E-state index is 0.455. The Morgan fingerprint density at radius 1 is 0.963 bits per heavy atom. The first-order valence-corrected chi connectivity index (χ1v) is 9.96. The van der Waals surface area contributed by atoms with Gasteiger partial charge in [-0.1, -0.05) is 34.1 Å². The molecule has 0 spiro atoms. The van der Waals surface area contributed by atoms with Crippen molar-refractivity contribution in [3.05, 3.63) is 34.3 Å². The Kier molecular flexibility index (Phi) is 5.78. The third kappa shape index (κ3) is 4.54. The van der Waals surface area contributed by atoms with Crippen LogP contribution in [0.25, 0.3) is 0 Å². The summed E-state index contributed by atoms with van der Waals surface area (Å²) in [5.74, 6) is 1.84. The Morgan fingerprint density at radius 3 is 2.33 bits per heavy atom. The summed E-state index contributed by atoms with van der Waals surface area (Å²) in [5, 5.41) is 4.31. The molecular weight excluding hydrogens is 410 g/mol. The third-order valence-electron chi connectivity index (χ3n) is 4.57. The fraction of sp³-hybridized carbons (Fsp3) is 0.444. The molecule has 2 saturated heterocycles. The average Bonchev–Trinajstić information content (AvgIpc) is 3.25. The fourth-order valence-electron chi connectivity index (χ4n) is 3.11. The van der Waals surface area contributed by atoms with Gasteiger partial charge in [-0.15, -0.1) is 0 Å². The van der Waals surface area contributed by atoms with Crippen LogP contribution in [0.1, 0.15) is 18.4 Å². The lowest BCUT2D eigenvalue weighted by atomic mass is 10.2. The van der Waals surface area contributed by atoms with Crippen LogP contribution in [0.5, 0.6) is 0 Å². The van der Waals surface area contributed by atoms with E-state index in [0.717, 1.165) is 36.2 Å². The van der Waals surface area contributed by atoms with E-state index in [1.807, 2.05) is 24.3 Å². The summed E-state index contributed by atoms with van der Waals surface area (Å²) in [7, 11) is 0. The maximum absolute atomic E-state index is 5.44. The quantitative estimate of drug-likeness (QED) is 0.575. The summed E-state index contributed by atoms with van der Waals surface area (Å²) < 4.78 is 6.42. The number of morpholine rings is 1. The van der Waals surface area contributed by atoms with Crippen LogP contribution in [0.4, 0.5) is 17.8 Å². The molecule has 4 rings (SSSR count). The molecule has 2 fully saturated rings. The number of rotatable bonds is 5. The van der Waals surface area contributed by atoms with Crippen molar-refractivity contribution in [3.8, 4) is 0 Å². The minimum atomic E-state index is 0.455. The number of nitrogens with one attached hydrogen (secondary N) is 1. The van der Waals surface area contributed by atoms with Crippen molar-refractivity contribution < 1.29 is 4.74 Å². The summed E-state index contributed by atoms with van der Waals surface area (Å²) in [6, 6.07) is 7.90. The molecule has 8 nitrogen and oxygen atoms in total. The number of benzene rings is 1. The zero-order valence-corrected chi connectivity index (χ0v) is 16.6. The van der Waals surface area contributed by atoms with Gasteiger partial charge in [0.1, 0.15) is 0 Å². The topological polar surface area (TPSA) is 78.8 Å². The maximum atomic E-state index is 5.44. The largest absolute Gasteiger partial charge is 0.378 e. The van der Waals surface area contributed by atoms with Gasteiger partial charge in [-0.2, -0.15) is 20.1 Å². The molecule has 0 bridgehead atoms. The Labute approximate surface area is 166 Å². The van der Waals surface area contributed by atoms with Crippen molar-refractivity contribution in [1.29, 1.82) is 0 Å². The molecular formula is C18H22BrN7O. The van der Waals surface area contributed by atoms with E-state index in [2.05, 4.69) is 46.2 Å². The van der Waals surface area contributed by atoms with E-state index in [9.17, 15) is 0 Å². The Morgan fingerprint density at radius 2 is 1.63 bits per heavy atom. The van der Waals surface area contributed by atoms with Crippen LogP contribution in [0, 0.1) is 0 Å². The normalized spacial score (nSPS) is 17.7. The van der Waals surface area contributed by atoms with E-state index < -0.39 is 0 Å². The lowest BCUT2D eigenvalue weighted by Gasteiger charge is -2.27. The highest BCUT2D eigenvalue weighted by molar-refractivity contribution is 9.10. The molecule has 9 heteroatoms. The predicted molar refractivity (Wildman–Crippen MR) is 110 cm³/mol. The SMILES string of the molecule is Brc1ccccc1C=NNc1nc(N2CCCC2)nc(N2CCOCC2)n1.